The second kappa shape index (κ2) is 3.58. The fourth-order valence-corrected chi connectivity index (χ4v) is 1.55. The Morgan fingerprint density at radius 2 is 2.50 bits per heavy atom. The molecule has 2 heteroatoms. The third-order valence-corrected chi connectivity index (χ3v) is 2.11. The van der Waals surface area contributed by atoms with E-state index >= 15 is 0 Å². The summed E-state index contributed by atoms with van der Waals surface area (Å²) in [7, 11) is 0. The SMILES string of the molecule is CC1CC(CC#N)CCN1. The van der Waals surface area contributed by atoms with Crippen LogP contribution in [0.3, 0.4) is 0 Å². The molecule has 0 aliphatic carbocycles. The summed E-state index contributed by atoms with van der Waals surface area (Å²) in [6, 6.07) is 2.85. The van der Waals surface area contributed by atoms with Gasteiger partial charge >= 0.3 is 0 Å². The summed E-state index contributed by atoms with van der Waals surface area (Å²) in [6.07, 6.45) is 3.09. The molecule has 1 saturated heterocycles. The number of rotatable bonds is 1. The van der Waals surface area contributed by atoms with Crippen LogP contribution in [0, 0.1) is 17.2 Å². The number of piperidine rings is 1. The van der Waals surface area contributed by atoms with Gasteiger partial charge in [-0.1, -0.05) is 0 Å². The monoisotopic (exact) mass is 138 g/mol. The third kappa shape index (κ3) is 2.00. The second-order valence-electron chi connectivity index (χ2n) is 3.11. The minimum absolute atomic E-state index is 0.618. The number of nitrogens with zero attached hydrogens (tertiary/aromatic N) is 1. The first-order valence-electron chi connectivity index (χ1n) is 3.93. The molecule has 1 aliphatic heterocycles. The van der Waals surface area contributed by atoms with Gasteiger partial charge in [0.2, 0.25) is 0 Å². The van der Waals surface area contributed by atoms with E-state index in [-0.39, 0.29) is 0 Å². The molecule has 1 rings (SSSR count). The molecule has 10 heavy (non-hydrogen) atoms. The number of nitriles is 1. The minimum atomic E-state index is 0.618. The lowest BCUT2D eigenvalue weighted by molar-refractivity contribution is 0.319. The van der Waals surface area contributed by atoms with Crippen LogP contribution in [-0.2, 0) is 0 Å². The van der Waals surface area contributed by atoms with Crippen molar-refractivity contribution in [1.82, 2.24) is 5.32 Å². The predicted molar refractivity (Wildman–Crippen MR) is 40.4 cm³/mol. The molecule has 1 fully saturated rings. The van der Waals surface area contributed by atoms with Crippen molar-refractivity contribution in [2.75, 3.05) is 6.54 Å². The summed E-state index contributed by atoms with van der Waals surface area (Å²) < 4.78 is 0. The first-order chi connectivity index (χ1) is 4.83. The first-order valence-corrected chi connectivity index (χ1v) is 3.93. The average molecular weight is 138 g/mol. The molecule has 1 heterocycles. The van der Waals surface area contributed by atoms with Gasteiger partial charge in [0.05, 0.1) is 6.07 Å². The fraction of sp³-hybridized carbons (Fsp3) is 0.875. The van der Waals surface area contributed by atoms with Gasteiger partial charge in [-0.05, 0) is 32.2 Å². The summed E-state index contributed by atoms with van der Waals surface area (Å²) in [5.74, 6) is 0.654. The molecule has 2 atom stereocenters. The molecule has 0 spiro atoms. The van der Waals surface area contributed by atoms with E-state index < -0.39 is 0 Å². The van der Waals surface area contributed by atoms with E-state index in [0.717, 1.165) is 13.0 Å². The van der Waals surface area contributed by atoms with Gasteiger partial charge in [-0.15, -0.1) is 0 Å². The Morgan fingerprint density at radius 3 is 3.10 bits per heavy atom. The van der Waals surface area contributed by atoms with E-state index in [1.807, 2.05) is 0 Å². The van der Waals surface area contributed by atoms with Crippen molar-refractivity contribution < 1.29 is 0 Å². The zero-order valence-electron chi connectivity index (χ0n) is 6.43. The van der Waals surface area contributed by atoms with Gasteiger partial charge in [-0.3, -0.25) is 0 Å². The Kier molecular flexibility index (Phi) is 2.70. The highest BCUT2D eigenvalue weighted by Crippen LogP contribution is 2.18. The lowest BCUT2D eigenvalue weighted by Gasteiger charge is -2.25. The number of nitrogens with one attached hydrogen (secondary N) is 1. The molecule has 0 saturated carbocycles. The number of hydrogen-bond acceptors (Lipinski definition) is 2. The lowest BCUT2D eigenvalue weighted by Crippen LogP contribution is -2.35. The van der Waals surface area contributed by atoms with Crippen molar-refractivity contribution in [1.29, 1.82) is 5.26 Å². The van der Waals surface area contributed by atoms with E-state index in [1.165, 1.54) is 12.8 Å². The zero-order valence-corrected chi connectivity index (χ0v) is 6.43. The molecule has 0 aromatic carbocycles. The van der Waals surface area contributed by atoms with Gasteiger partial charge in [-0.2, -0.15) is 5.26 Å². The number of hydrogen-bond donors (Lipinski definition) is 1. The molecule has 0 aromatic heterocycles. The zero-order chi connectivity index (χ0) is 7.40. The molecule has 2 unspecified atom stereocenters. The van der Waals surface area contributed by atoms with Crippen LogP contribution < -0.4 is 5.32 Å². The van der Waals surface area contributed by atoms with Crippen LogP contribution in [0.4, 0.5) is 0 Å². The van der Waals surface area contributed by atoms with E-state index in [0.29, 0.717) is 12.0 Å². The van der Waals surface area contributed by atoms with Gasteiger partial charge in [0, 0.05) is 12.5 Å². The molecule has 0 radical (unpaired) electrons. The Labute approximate surface area is 62.2 Å². The van der Waals surface area contributed by atoms with Gasteiger partial charge in [0.1, 0.15) is 0 Å². The van der Waals surface area contributed by atoms with Crippen molar-refractivity contribution in [3.63, 3.8) is 0 Å². The molecule has 1 N–H and O–H groups in total. The Balaban J connectivity index is 2.27. The average Bonchev–Trinajstić information content (AvgIpc) is 1.88. The predicted octanol–water partition coefficient (Wildman–Crippen LogP) is 1.29. The normalized spacial score (nSPS) is 33.2. The van der Waals surface area contributed by atoms with E-state index in [1.54, 1.807) is 0 Å². The van der Waals surface area contributed by atoms with E-state index in [4.69, 9.17) is 5.26 Å². The van der Waals surface area contributed by atoms with Crippen LogP contribution >= 0.6 is 0 Å². The summed E-state index contributed by atoms with van der Waals surface area (Å²) in [5, 5.41) is 11.8. The van der Waals surface area contributed by atoms with Crippen molar-refractivity contribution in [3.8, 4) is 6.07 Å². The van der Waals surface area contributed by atoms with Crippen molar-refractivity contribution >= 4 is 0 Å². The smallest absolute Gasteiger partial charge is 0.0624 e. The standard InChI is InChI=1S/C8H14N2/c1-7-6-8(2-4-9)3-5-10-7/h7-8,10H,2-3,5-6H2,1H3. The maximum Gasteiger partial charge on any atom is 0.0624 e. The summed E-state index contributed by atoms with van der Waals surface area (Å²) in [5.41, 5.74) is 0. The van der Waals surface area contributed by atoms with Crippen molar-refractivity contribution in [3.05, 3.63) is 0 Å². The van der Waals surface area contributed by atoms with Crippen molar-refractivity contribution in [2.24, 2.45) is 5.92 Å². The molecule has 2 nitrogen and oxygen atoms in total. The molecule has 0 amide bonds. The van der Waals surface area contributed by atoms with Gasteiger partial charge < -0.3 is 5.32 Å². The topological polar surface area (TPSA) is 35.8 Å². The Morgan fingerprint density at radius 1 is 1.70 bits per heavy atom. The third-order valence-electron chi connectivity index (χ3n) is 2.11. The summed E-state index contributed by atoms with van der Waals surface area (Å²) >= 11 is 0. The Hall–Kier alpha value is -0.550. The maximum atomic E-state index is 8.43. The van der Waals surface area contributed by atoms with Crippen LogP contribution in [0.25, 0.3) is 0 Å². The van der Waals surface area contributed by atoms with Gasteiger partial charge in [0.15, 0.2) is 0 Å². The van der Waals surface area contributed by atoms with Crippen LogP contribution in [0.2, 0.25) is 0 Å². The maximum absolute atomic E-state index is 8.43. The van der Waals surface area contributed by atoms with Crippen LogP contribution in [0.1, 0.15) is 26.2 Å². The van der Waals surface area contributed by atoms with E-state index in [9.17, 15) is 0 Å². The largest absolute Gasteiger partial charge is 0.314 e. The highest BCUT2D eigenvalue weighted by Gasteiger charge is 2.17. The summed E-state index contributed by atoms with van der Waals surface area (Å²) in [6.45, 7) is 3.27. The molecular weight excluding hydrogens is 124 g/mol. The second-order valence-corrected chi connectivity index (χ2v) is 3.11. The molecule has 1 aliphatic rings. The van der Waals surface area contributed by atoms with Gasteiger partial charge in [0.25, 0.3) is 0 Å². The molecule has 0 aromatic rings. The molecule has 56 valence electrons. The lowest BCUT2D eigenvalue weighted by atomic mass is 9.91. The minimum Gasteiger partial charge on any atom is -0.314 e. The van der Waals surface area contributed by atoms with Gasteiger partial charge in [-0.25, -0.2) is 0 Å². The quantitative estimate of drug-likeness (QED) is 0.592. The first kappa shape index (κ1) is 7.56. The highest BCUT2D eigenvalue weighted by atomic mass is 14.9. The van der Waals surface area contributed by atoms with Crippen LogP contribution in [0.5, 0.6) is 0 Å². The van der Waals surface area contributed by atoms with E-state index in [2.05, 4.69) is 18.3 Å². The van der Waals surface area contributed by atoms with Crippen LogP contribution in [-0.4, -0.2) is 12.6 Å². The van der Waals surface area contributed by atoms with Crippen LogP contribution in [0.15, 0.2) is 0 Å². The Bertz CT molecular complexity index is 137. The highest BCUT2D eigenvalue weighted by molar-refractivity contribution is 4.82. The fourth-order valence-electron chi connectivity index (χ4n) is 1.55. The summed E-state index contributed by atoms with van der Waals surface area (Å²) in [4.78, 5) is 0. The van der Waals surface area contributed by atoms with Crippen molar-refractivity contribution in [2.45, 2.75) is 32.2 Å². The molecule has 0 bridgehead atoms. The molecular formula is C8H14N2.